The van der Waals surface area contributed by atoms with Crippen molar-refractivity contribution in [1.29, 1.82) is 0 Å². The molecule has 1 N–H and O–H groups in total. The molecule has 0 saturated carbocycles. The van der Waals surface area contributed by atoms with Crippen molar-refractivity contribution in [2.45, 2.75) is 40.2 Å². The zero-order valence-electron chi connectivity index (χ0n) is 15.2. The summed E-state index contributed by atoms with van der Waals surface area (Å²) in [6, 6.07) is 1.84. The largest absolute Gasteiger partial charge is 0.351 e. The van der Waals surface area contributed by atoms with E-state index in [1.165, 1.54) is 0 Å². The number of amides is 1. The molecule has 0 unspecified atom stereocenters. The first-order valence-electron chi connectivity index (χ1n) is 7.91. The van der Waals surface area contributed by atoms with Crippen molar-refractivity contribution in [3.63, 3.8) is 0 Å². The van der Waals surface area contributed by atoms with Crippen LogP contribution in [0.2, 0.25) is 0 Å². The van der Waals surface area contributed by atoms with Gasteiger partial charge < -0.3 is 10.2 Å². The number of fused-ring (bicyclic) bond motifs is 1. The Hall–Kier alpha value is -1.95. The molecule has 0 aliphatic heterocycles. The molecule has 0 aliphatic rings. The van der Waals surface area contributed by atoms with E-state index in [2.05, 4.69) is 36.2 Å². The number of aryl methyl sites for hydroxylation is 2. The number of hydrogen-bond acceptors (Lipinski definition) is 4. The summed E-state index contributed by atoms with van der Waals surface area (Å²) < 4.78 is 1.90. The number of nitrogens with zero attached hydrogens (tertiary/aromatic N) is 4. The third-order valence-electron chi connectivity index (χ3n) is 3.67. The summed E-state index contributed by atoms with van der Waals surface area (Å²) in [5, 5.41) is 8.44. The minimum atomic E-state index is -0.189. The lowest BCUT2D eigenvalue weighted by Gasteiger charge is -2.20. The number of carbonyl (C=O) groups excluding carboxylic acids is 1. The van der Waals surface area contributed by atoms with E-state index in [1.807, 2.05) is 43.6 Å². The normalized spacial score (nSPS) is 12.2. The van der Waals surface area contributed by atoms with Crippen LogP contribution in [0.15, 0.2) is 6.07 Å². The lowest BCUT2D eigenvalue weighted by molar-refractivity contribution is 0.0952. The molecular formula is C17H27N5O. The second kappa shape index (κ2) is 6.28. The van der Waals surface area contributed by atoms with Gasteiger partial charge in [0.25, 0.3) is 5.91 Å². The molecule has 2 rings (SSSR count). The highest BCUT2D eigenvalue weighted by Crippen LogP contribution is 2.26. The van der Waals surface area contributed by atoms with Crippen molar-refractivity contribution in [3.05, 3.63) is 23.0 Å². The summed E-state index contributed by atoms with van der Waals surface area (Å²) in [7, 11) is 3.97. The predicted octanol–water partition coefficient (Wildman–Crippen LogP) is 2.09. The summed E-state index contributed by atoms with van der Waals surface area (Å²) in [5.41, 5.74) is 2.89. The van der Waals surface area contributed by atoms with Gasteiger partial charge in [0.15, 0.2) is 5.65 Å². The molecule has 0 radical (unpaired) electrons. The molecule has 6 nitrogen and oxygen atoms in total. The van der Waals surface area contributed by atoms with Crippen LogP contribution < -0.4 is 5.32 Å². The second-order valence-corrected chi connectivity index (χ2v) is 7.24. The van der Waals surface area contributed by atoms with Crippen molar-refractivity contribution >= 4 is 16.9 Å². The number of nitrogens with one attached hydrogen (secondary N) is 1. The number of pyridine rings is 1. The Kier molecular flexibility index (Phi) is 4.75. The Bertz CT molecular complexity index is 725. The zero-order chi connectivity index (χ0) is 17.4. The molecule has 0 saturated heterocycles. The number of hydrogen-bond donors (Lipinski definition) is 1. The molecule has 0 spiro atoms. The monoisotopic (exact) mass is 317 g/mol. The molecule has 23 heavy (non-hydrogen) atoms. The lowest BCUT2D eigenvalue weighted by Crippen LogP contribution is -2.31. The summed E-state index contributed by atoms with van der Waals surface area (Å²) in [4.78, 5) is 19.3. The van der Waals surface area contributed by atoms with Crippen molar-refractivity contribution in [3.8, 4) is 0 Å². The van der Waals surface area contributed by atoms with Crippen molar-refractivity contribution in [2.75, 3.05) is 27.2 Å². The molecule has 0 bridgehead atoms. The van der Waals surface area contributed by atoms with Gasteiger partial charge in [-0.15, -0.1) is 0 Å². The van der Waals surface area contributed by atoms with Crippen LogP contribution in [0, 0.1) is 13.8 Å². The van der Waals surface area contributed by atoms with Gasteiger partial charge in [-0.25, -0.2) is 9.67 Å². The first-order chi connectivity index (χ1) is 10.6. The van der Waals surface area contributed by atoms with Crippen LogP contribution in [-0.4, -0.2) is 52.8 Å². The predicted molar refractivity (Wildman–Crippen MR) is 92.9 cm³/mol. The maximum absolute atomic E-state index is 12.6. The average molecular weight is 317 g/mol. The Balaban J connectivity index is 2.48. The summed E-state index contributed by atoms with van der Waals surface area (Å²) in [6.45, 7) is 11.5. The highest BCUT2D eigenvalue weighted by molar-refractivity contribution is 6.06. The van der Waals surface area contributed by atoms with Crippen molar-refractivity contribution < 1.29 is 4.79 Å². The number of carbonyl (C=O) groups is 1. The molecule has 0 fully saturated rings. The van der Waals surface area contributed by atoms with E-state index in [9.17, 15) is 4.79 Å². The van der Waals surface area contributed by atoms with Crippen LogP contribution in [0.5, 0.6) is 0 Å². The van der Waals surface area contributed by atoms with Crippen LogP contribution in [0.1, 0.15) is 42.5 Å². The SMILES string of the molecule is Cc1cc(C(=O)NCCN(C)C)c2c(C)nn(C(C)(C)C)c2n1. The van der Waals surface area contributed by atoms with E-state index >= 15 is 0 Å². The fraction of sp³-hybridized carbons (Fsp3) is 0.588. The van der Waals surface area contributed by atoms with Crippen LogP contribution >= 0.6 is 0 Å². The summed E-state index contributed by atoms with van der Waals surface area (Å²) >= 11 is 0. The van der Waals surface area contributed by atoms with Crippen LogP contribution in [0.4, 0.5) is 0 Å². The lowest BCUT2D eigenvalue weighted by atomic mass is 10.1. The highest BCUT2D eigenvalue weighted by Gasteiger charge is 2.24. The minimum Gasteiger partial charge on any atom is -0.351 e. The zero-order valence-corrected chi connectivity index (χ0v) is 15.2. The van der Waals surface area contributed by atoms with Gasteiger partial charge in [0.1, 0.15) is 0 Å². The molecule has 2 aromatic rings. The van der Waals surface area contributed by atoms with Gasteiger partial charge in [-0.05, 0) is 54.8 Å². The maximum atomic E-state index is 12.6. The molecule has 0 aromatic carbocycles. The van der Waals surface area contributed by atoms with Gasteiger partial charge in [-0.2, -0.15) is 5.10 Å². The first kappa shape index (κ1) is 17.4. The topological polar surface area (TPSA) is 63.1 Å². The average Bonchev–Trinajstić information content (AvgIpc) is 2.74. The molecule has 0 atom stereocenters. The number of rotatable bonds is 4. The van der Waals surface area contributed by atoms with Gasteiger partial charge in [-0.3, -0.25) is 4.79 Å². The van der Waals surface area contributed by atoms with E-state index in [4.69, 9.17) is 0 Å². The summed E-state index contributed by atoms with van der Waals surface area (Å²) in [5.74, 6) is -0.0705. The fourth-order valence-corrected chi connectivity index (χ4v) is 2.55. The fourth-order valence-electron chi connectivity index (χ4n) is 2.55. The van der Waals surface area contributed by atoms with E-state index in [1.54, 1.807) is 0 Å². The molecule has 126 valence electrons. The van der Waals surface area contributed by atoms with Crippen molar-refractivity contribution in [2.24, 2.45) is 0 Å². The third kappa shape index (κ3) is 3.69. The molecular weight excluding hydrogens is 290 g/mol. The number of aromatic nitrogens is 3. The Morgan fingerprint density at radius 1 is 1.30 bits per heavy atom. The maximum Gasteiger partial charge on any atom is 0.252 e. The van der Waals surface area contributed by atoms with Gasteiger partial charge in [-0.1, -0.05) is 0 Å². The number of likely N-dealkylation sites (N-methyl/N-ethyl adjacent to an activating group) is 1. The Morgan fingerprint density at radius 3 is 2.52 bits per heavy atom. The summed E-state index contributed by atoms with van der Waals surface area (Å²) in [6.07, 6.45) is 0. The smallest absolute Gasteiger partial charge is 0.252 e. The van der Waals surface area contributed by atoms with Gasteiger partial charge >= 0.3 is 0 Å². The third-order valence-corrected chi connectivity index (χ3v) is 3.67. The quantitative estimate of drug-likeness (QED) is 0.938. The molecule has 2 heterocycles. The standard InChI is InChI=1S/C17H27N5O/c1-11-10-13(16(23)18-8-9-21(6)7)14-12(2)20-22(15(14)19-11)17(3,4)5/h10H,8-9H2,1-7H3,(H,18,23). The Morgan fingerprint density at radius 2 is 1.96 bits per heavy atom. The van der Waals surface area contributed by atoms with Gasteiger partial charge in [0, 0.05) is 18.8 Å². The van der Waals surface area contributed by atoms with Gasteiger partial charge in [0.2, 0.25) is 0 Å². The molecule has 2 aromatic heterocycles. The van der Waals surface area contributed by atoms with E-state index < -0.39 is 0 Å². The van der Waals surface area contributed by atoms with Crippen LogP contribution in [-0.2, 0) is 5.54 Å². The Labute approximate surface area is 137 Å². The van der Waals surface area contributed by atoms with Crippen LogP contribution in [0.25, 0.3) is 11.0 Å². The first-order valence-corrected chi connectivity index (χ1v) is 7.91. The highest BCUT2D eigenvalue weighted by atomic mass is 16.1. The van der Waals surface area contributed by atoms with Gasteiger partial charge in [0.05, 0.1) is 22.2 Å². The van der Waals surface area contributed by atoms with E-state index in [0.29, 0.717) is 12.1 Å². The molecule has 1 amide bonds. The van der Waals surface area contributed by atoms with E-state index in [0.717, 1.165) is 29.0 Å². The molecule has 6 heteroatoms. The van der Waals surface area contributed by atoms with Crippen molar-refractivity contribution in [1.82, 2.24) is 25.0 Å². The second-order valence-electron chi connectivity index (χ2n) is 7.24. The minimum absolute atomic E-state index is 0.0705. The molecule has 0 aliphatic carbocycles. The van der Waals surface area contributed by atoms with E-state index in [-0.39, 0.29) is 11.4 Å². The van der Waals surface area contributed by atoms with Crippen LogP contribution in [0.3, 0.4) is 0 Å².